The second-order valence-corrected chi connectivity index (χ2v) is 12.5. The van der Waals surface area contributed by atoms with E-state index >= 15 is 0 Å². The summed E-state index contributed by atoms with van der Waals surface area (Å²) in [4.78, 5) is 40.1. The number of nitrogens with one attached hydrogen (secondary N) is 3. The van der Waals surface area contributed by atoms with Crippen molar-refractivity contribution in [2.75, 3.05) is 40.9 Å². The molecule has 0 aromatic heterocycles. The van der Waals surface area contributed by atoms with E-state index in [1.165, 1.54) is 6.92 Å². The van der Waals surface area contributed by atoms with Crippen LogP contribution in [0.15, 0.2) is 41.2 Å². The van der Waals surface area contributed by atoms with Crippen molar-refractivity contribution in [2.24, 2.45) is 5.92 Å². The molecule has 1 unspecified atom stereocenters. The number of ether oxygens (including phenoxy) is 5. The van der Waals surface area contributed by atoms with Crippen LogP contribution in [0.4, 0.5) is 5.69 Å². The van der Waals surface area contributed by atoms with Gasteiger partial charge in [0, 0.05) is 12.5 Å². The molecule has 0 heterocycles. The fraction of sp³-hybridized carbons (Fsp3) is 0.432. The fourth-order valence-corrected chi connectivity index (χ4v) is 6.87. The van der Waals surface area contributed by atoms with Gasteiger partial charge in [-0.3, -0.25) is 14.4 Å². The zero-order valence-electron chi connectivity index (χ0n) is 28.9. The number of fused-ring (bicyclic) bond motifs is 4. The predicted molar refractivity (Wildman–Crippen MR) is 184 cm³/mol. The van der Waals surface area contributed by atoms with Crippen LogP contribution >= 0.6 is 0 Å². The lowest BCUT2D eigenvalue weighted by atomic mass is 9.95. The van der Waals surface area contributed by atoms with Crippen LogP contribution < -0.4 is 45.1 Å². The van der Waals surface area contributed by atoms with Gasteiger partial charge in [0.2, 0.25) is 23.0 Å². The first-order valence-corrected chi connectivity index (χ1v) is 16.1. The second kappa shape index (κ2) is 14.5. The quantitative estimate of drug-likeness (QED) is 0.257. The highest BCUT2D eigenvalue weighted by atomic mass is 16.5. The topological polar surface area (TPSA) is 133 Å². The Hall–Kier alpha value is -4.93. The highest BCUT2D eigenvalue weighted by Gasteiger charge is 2.32. The standard InChI is InChI=1S/C37H45N3O8/c1-19(2)34(37(43)40-26-12-9-21-15-30(44-4)31(45-5)18-24(21)26)39-28-14-11-23-25(17-29(28)42)27(38-20(3)41)13-10-22-16-32(46-6)35(47-7)36(48-8)33(22)23/h11,14-19,26-27,34H,9-10,12-13H2,1-8H3,(H,38,41)(H,39,42)(H,40,43)/t26?,27-,34-/m0/s1. The molecule has 3 aromatic rings. The van der Waals surface area contributed by atoms with E-state index < -0.39 is 12.1 Å². The first-order chi connectivity index (χ1) is 23.0. The van der Waals surface area contributed by atoms with Crippen LogP contribution in [0.1, 0.15) is 68.0 Å². The lowest BCUT2D eigenvalue weighted by molar-refractivity contribution is -0.123. The van der Waals surface area contributed by atoms with Gasteiger partial charge in [-0.1, -0.05) is 19.9 Å². The molecule has 256 valence electrons. The molecular formula is C37H45N3O8. The maximum Gasteiger partial charge on any atom is 0.243 e. The maximum absolute atomic E-state index is 13.9. The van der Waals surface area contributed by atoms with E-state index in [0.29, 0.717) is 52.7 Å². The van der Waals surface area contributed by atoms with Crippen molar-refractivity contribution in [1.29, 1.82) is 0 Å². The summed E-state index contributed by atoms with van der Waals surface area (Å²) in [5, 5.41) is 9.49. The van der Waals surface area contributed by atoms with Gasteiger partial charge in [0.15, 0.2) is 23.0 Å². The molecule has 0 radical (unpaired) electrons. The summed E-state index contributed by atoms with van der Waals surface area (Å²) in [5.74, 6) is 2.10. The number of carbonyl (C=O) groups is 2. The lowest BCUT2D eigenvalue weighted by Gasteiger charge is -2.25. The van der Waals surface area contributed by atoms with Crippen molar-refractivity contribution in [1.82, 2.24) is 10.6 Å². The minimum absolute atomic E-state index is 0.149. The Morgan fingerprint density at radius 2 is 1.33 bits per heavy atom. The maximum atomic E-state index is 13.9. The first-order valence-electron chi connectivity index (χ1n) is 16.1. The zero-order valence-corrected chi connectivity index (χ0v) is 28.9. The molecular weight excluding hydrogens is 614 g/mol. The molecule has 11 nitrogen and oxygen atoms in total. The fourth-order valence-electron chi connectivity index (χ4n) is 6.87. The van der Waals surface area contributed by atoms with Crippen LogP contribution in [0.5, 0.6) is 28.7 Å². The van der Waals surface area contributed by atoms with Gasteiger partial charge < -0.3 is 39.6 Å². The van der Waals surface area contributed by atoms with E-state index in [-0.39, 0.29) is 34.9 Å². The lowest BCUT2D eigenvalue weighted by Crippen LogP contribution is -2.44. The number of hydrogen-bond acceptors (Lipinski definition) is 9. The van der Waals surface area contributed by atoms with Crippen molar-refractivity contribution in [3.8, 4) is 39.9 Å². The van der Waals surface area contributed by atoms with Crippen LogP contribution in [-0.4, -0.2) is 53.4 Å². The molecule has 0 aliphatic heterocycles. The Kier molecular flexibility index (Phi) is 10.4. The van der Waals surface area contributed by atoms with Gasteiger partial charge in [0.25, 0.3) is 0 Å². The van der Waals surface area contributed by atoms with Crippen molar-refractivity contribution in [2.45, 2.75) is 64.6 Å². The van der Waals surface area contributed by atoms with Crippen LogP contribution in [0.2, 0.25) is 0 Å². The average molecular weight is 660 g/mol. The summed E-state index contributed by atoms with van der Waals surface area (Å²) < 4.78 is 28.2. The number of carbonyl (C=O) groups excluding carboxylic acids is 2. The molecule has 0 saturated heterocycles. The Balaban J connectivity index is 1.54. The van der Waals surface area contributed by atoms with Gasteiger partial charge in [-0.2, -0.15) is 0 Å². The first kappa shape index (κ1) is 34.4. The molecule has 2 amide bonds. The Morgan fingerprint density at radius 3 is 1.94 bits per heavy atom. The highest BCUT2D eigenvalue weighted by molar-refractivity contribution is 5.86. The van der Waals surface area contributed by atoms with E-state index in [0.717, 1.165) is 35.1 Å². The van der Waals surface area contributed by atoms with E-state index in [9.17, 15) is 14.4 Å². The highest BCUT2D eigenvalue weighted by Crippen LogP contribution is 2.50. The van der Waals surface area contributed by atoms with Gasteiger partial charge in [-0.25, -0.2) is 0 Å². The van der Waals surface area contributed by atoms with Crippen LogP contribution in [-0.2, 0) is 22.4 Å². The summed E-state index contributed by atoms with van der Waals surface area (Å²) in [6.07, 6.45) is 2.67. The molecule has 3 aromatic carbocycles. The third-order valence-electron chi connectivity index (χ3n) is 9.22. The third-order valence-corrected chi connectivity index (χ3v) is 9.22. The van der Waals surface area contributed by atoms with Crippen LogP contribution in [0, 0.1) is 5.92 Å². The average Bonchev–Trinajstić information content (AvgIpc) is 3.30. The van der Waals surface area contributed by atoms with Gasteiger partial charge in [0.1, 0.15) is 6.04 Å². The SMILES string of the molecule is COc1cc2c(cc1OC)C(NC(=O)[C@@H](Nc1ccc3c(cc1=O)[C@@H](NC(C)=O)CCc1cc(OC)c(OC)c(OC)c1-3)C(C)C)CC2. The third kappa shape index (κ3) is 6.58. The van der Waals surface area contributed by atoms with E-state index in [4.69, 9.17) is 23.7 Å². The Labute approximate surface area is 281 Å². The largest absolute Gasteiger partial charge is 0.493 e. The predicted octanol–water partition coefficient (Wildman–Crippen LogP) is 5.12. The van der Waals surface area contributed by atoms with Gasteiger partial charge in [-0.15, -0.1) is 0 Å². The zero-order chi connectivity index (χ0) is 34.7. The normalized spacial score (nSPS) is 16.8. The molecule has 5 rings (SSSR count). The van der Waals surface area contributed by atoms with Crippen molar-refractivity contribution in [3.05, 3.63) is 68.9 Å². The summed E-state index contributed by atoms with van der Waals surface area (Å²) >= 11 is 0. The molecule has 0 saturated carbocycles. The number of rotatable bonds is 11. The molecule has 48 heavy (non-hydrogen) atoms. The molecule has 3 atom stereocenters. The summed E-state index contributed by atoms with van der Waals surface area (Å²) in [6.45, 7) is 5.33. The van der Waals surface area contributed by atoms with E-state index in [1.54, 1.807) is 47.7 Å². The Morgan fingerprint density at radius 1 is 0.729 bits per heavy atom. The number of benzene rings is 2. The van der Waals surface area contributed by atoms with Crippen molar-refractivity contribution in [3.63, 3.8) is 0 Å². The minimum atomic E-state index is -0.707. The van der Waals surface area contributed by atoms with Gasteiger partial charge >= 0.3 is 0 Å². The molecule has 2 aliphatic rings. The summed E-state index contributed by atoms with van der Waals surface area (Å²) in [6, 6.07) is 9.52. The number of aryl methyl sites for hydroxylation is 2. The van der Waals surface area contributed by atoms with Gasteiger partial charge in [0.05, 0.1) is 53.3 Å². The van der Waals surface area contributed by atoms with E-state index in [1.807, 2.05) is 38.1 Å². The number of anilines is 1. The number of amides is 2. The van der Waals surface area contributed by atoms with Crippen LogP contribution in [0.25, 0.3) is 11.1 Å². The number of methoxy groups -OCH3 is 5. The Bertz CT molecular complexity index is 1770. The molecule has 2 aliphatic carbocycles. The van der Waals surface area contributed by atoms with Crippen LogP contribution in [0.3, 0.4) is 0 Å². The second-order valence-electron chi connectivity index (χ2n) is 12.5. The number of hydrogen-bond donors (Lipinski definition) is 3. The van der Waals surface area contributed by atoms with Crippen molar-refractivity contribution < 1.29 is 33.3 Å². The van der Waals surface area contributed by atoms with Crippen molar-refractivity contribution >= 4 is 17.5 Å². The monoisotopic (exact) mass is 659 g/mol. The minimum Gasteiger partial charge on any atom is -0.493 e. The summed E-state index contributed by atoms with van der Waals surface area (Å²) in [5.41, 5.74) is 5.08. The summed E-state index contributed by atoms with van der Waals surface area (Å²) in [7, 11) is 7.86. The van der Waals surface area contributed by atoms with E-state index in [2.05, 4.69) is 16.0 Å². The molecule has 0 spiro atoms. The van der Waals surface area contributed by atoms with Gasteiger partial charge in [-0.05, 0) is 89.8 Å². The molecule has 0 fully saturated rings. The molecule has 11 heteroatoms. The smallest absolute Gasteiger partial charge is 0.243 e. The molecule has 0 bridgehead atoms. The molecule has 3 N–H and O–H groups in total.